The van der Waals surface area contributed by atoms with Crippen LogP contribution in [0.3, 0.4) is 0 Å². The summed E-state index contributed by atoms with van der Waals surface area (Å²) in [5.74, 6) is -0.00312. The lowest BCUT2D eigenvalue weighted by molar-refractivity contribution is -0.137. The fourth-order valence-electron chi connectivity index (χ4n) is 1.89. The number of hydrogen-bond donors (Lipinski definition) is 3. The summed E-state index contributed by atoms with van der Waals surface area (Å²) in [5, 5.41) is 2.21. The number of anilines is 1. The van der Waals surface area contributed by atoms with Gasteiger partial charge < -0.3 is 10.1 Å². The second-order valence-electron chi connectivity index (χ2n) is 5.58. The minimum atomic E-state index is -4.44. The van der Waals surface area contributed by atoms with Gasteiger partial charge in [0.2, 0.25) is 6.08 Å². The normalized spacial score (nSPS) is 9.84. The minimum Gasteiger partial charge on any atom is -0.452 e. The second kappa shape index (κ2) is 11.7. The van der Waals surface area contributed by atoms with E-state index in [1.807, 2.05) is 10.9 Å². The van der Waals surface area contributed by atoms with Crippen molar-refractivity contribution < 1.29 is 37.1 Å². The molecule has 0 aliphatic rings. The zero-order valence-electron chi connectivity index (χ0n) is 16.2. The number of nitrogens with one attached hydrogen (secondary N) is 3. The molecular formula is C19H17F3N4O5. The van der Waals surface area contributed by atoms with Crippen LogP contribution < -0.4 is 16.2 Å². The van der Waals surface area contributed by atoms with Gasteiger partial charge in [0.25, 0.3) is 0 Å². The number of hydrazine groups is 1. The van der Waals surface area contributed by atoms with Crippen molar-refractivity contribution in [3.63, 3.8) is 0 Å². The molecule has 0 aliphatic carbocycles. The standard InChI is InChI=1S/C10H10F3N3O3.C9H7NO2/c1-19-9(18)16-15-8(17)14-7-4-2-6(3-5-7)10(11,12)13;1-7(12)8-2-4-9(5-3-8)10-6-11/h2-5H,1H3,(H,16,18)(H2,14,15,17);2-5H,1H3. The number of methoxy groups -OCH3 is 1. The van der Waals surface area contributed by atoms with E-state index >= 15 is 0 Å². The van der Waals surface area contributed by atoms with Crippen LogP contribution in [0.25, 0.3) is 0 Å². The molecule has 31 heavy (non-hydrogen) atoms. The lowest BCUT2D eigenvalue weighted by Crippen LogP contribution is -2.43. The number of aliphatic imine (C=N–C) groups is 1. The van der Waals surface area contributed by atoms with E-state index in [4.69, 9.17) is 0 Å². The van der Waals surface area contributed by atoms with Gasteiger partial charge in [-0.05, 0) is 55.5 Å². The van der Waals surface area contributed by atoms with Crippen molar-refractivity contribution in [2.24, 2.45) is 4.99 Å². The van der Waals surface area contributed by atoms with Crippen LogP contribution >= 0.6 is 0 Å². The summed E-state index contributed by atoms with van der Waals surface area (Å²) < 4.78 is 41.0. The molecule has 0 saturated heterocycles. The van der Waals surface area contributed by atoms with Gasteiger partial charge in [0, 0.05) is 11.3 Å². The first-order chi connectivity index (χ1) is 14.6. The largest absolute Gasteiger partial charge is 0.452 e. The first kappa shape index (κ1) is 24.9. The first-order valence-corrected chi connectivity index (χ1v) is 8.34. The van der Waals surface area contributed by atoms with Crippen LogP contribution in [0.15, 0.2) is 53.5 Å². The van der Waals surface area contributed by atoms with Gasteiger partial charge in [-0.3, -0.25) is 4.79 Å². The van der Waals surface area contributed by atoms with Gasteiger partial charge >= 0.3 is 18.3 Å². The molecule has 0 heterocycles. The maximum atomic E-state index is 12.3. The van der Waals surface area contributed by atoms with Gasteiger partial charge in [-0.2, -0.15) is 18.2 Å². The zero-order valence-corrected chi connectivity index (χ0v) is 16.2. The van der Waals surface area contributed by atoms with Crippen LogP contribution in [0, 0.1) is 0 Å². The first-order valence-electron chi connectivity index (χ1n) is 8.34. The van der Waals surface area contributed by atoms with Gasteiger partial charge in [-0.25, -0.2) is 25.2 Å². The average Bonchev–Trinajstić information content (AvgIpc) is 2.73. The highest BCUT2D eigenvalue weighted by molar-refractivity contribution is 5.94. The van der Waals surface area contributed by atoms with Crippen LogP contribution in [0.5, 0.6) is 0 Å². The molecule has 2 aromatic rings. The number of hydrogen-bond acceptors (Lipinski definition) is 6. The molecule has 3 N–H and O–H groups in total. The Kier molecular flexibility index (Phi) is 9.41. The fourth-order valence-corrected chi connectivity index (χ4v) is 1.89. The van der Waals surface area contributed by atoms with Crippen molar-refractivity contribution in [3.8, 4) is 0 Å². The van der Waals surface area contributed by atoms with E-state index in [-0.39, 0.29) is 11.5 Å². The molecule has 0 fully saturated rings. The van der Waals surface area contributed by atoms with E-state index in [0.29, 0.717) is 11.3 Å². The summed E-state index contributed by atoms with van der Waals surface area (Å²) in [6.07, 6.45) is -3.90. The summed E-state index contributed by atoms with van der Waals surface area (Å²) in [6.45, 7) is 1.48. The molecule has 0 spiro atoms. The summed E-state index contributed by atoms with van der Waals surface area (Å²) in [6, 6.07) is 9.43. The summed E-state index contributed by atoms with van der Waals surface area (Å²) >= 11 is 0. The second-order valence-corrected chi connectivity index (χ2v) is 5.58. The number of nitrogens with zero attached hydrogens (tertiary/aromatic N) is 1. The van der Waals surface area contributed by atoms with E-state index in [2.05, 4.69) is 15.0 Å². The van der Waals surface area contributed by atoms with E-state index < -0.39 is 23.9 Å². The molecule has 2 rings (SSSR count). The molecule has 0 aliphatic heterocycles. The van der Waals surface area contributed by atoms with Crippen molar-refractivity contribution in [1.29, 1.82) is 0 Å². The lowest BCUT2D eigenvalue weighted by atomic mass is 10.1. The molecule has 164 valence electrons. The molecule has 0 unspecified atom stereocenters. The molecule has 3 amide bonds. The Morgan fingerprint density at radius 1 is 0.968 bits per heavy atom. The van der Waals surface area contributed by atoms with Crippen LogP contribution in [0.2, 0.25) is 0 Å². The number of carbonyl (C=O) groups excluding carboxylic acids is 4. The summed E-state index contributed by atoms with van der Waals surface area (Å²) in [4.78, 5) is 45.9. The van der Waals surface area contributed by atoms with Gasteiger partial charge in [-0.1, -0.05) is 0 Å². The van der Waals surface area contributed by atoms with Crippen LogP contribution in [-0.2, 0) is 15.7 Å². The van der Waals surface area contributed by atoms with Crippen molar-refractivity contribution in [1.82, 2.24) is 10.9 Å². The molecule has 0 atom stereocenters. The Bertz CT molecular complexity index is 933. The smallest absolute Gasteiger partial charge is 0.425 e. The number of carbonyl (C=O) groups is 3. The quantitative estimate of drug-likeness (QED) is 0.290. The highest BCUT2D eigenvalue weighted by Crippen LogP contribution is 2.29. The predicted octanol–water partition coefficient (Wildman–Crippen LogP) is 3.95. The van der Waals surface area contributed by atoms with Gasteiger partial charge in [0.05, 0.1) is 18.4 Å². The van der Waals surface area contributed by atoms with Crippen LogP contribution in [-0.4, -0.2) is 31.1 Å². The third kappa shape index (κ3) is 9.24. The topological polar surface area (TPSA) is 126 Å². The maximum absolute atomic E-state index is 12.3. The summed E-state index contributed by atoms with van der Waals surface area (Å²) in [5.41, 5.74) is 4.24. The van der Waals surface area contributed by atoms with Crippen LogP contribution in [0.4, 0.5) is 34.1 Å². The van der Waals surface area contributed by atoms with E-state index in [1.54, 1.807) is 24.3 Å². The minimum absolute atomic E-state index is 0.00312. The molecule has 12 heteroatoms. The fraction of sp³-hybridized carbons (Fsp3) is 0.158. The molecule has 0 saturated carbocycles. The van der Waals surface area contributed by atoms with E-state index in [1.165, 1.54) is 13.0 Å². The van der Waals surface area contributed by atoms with Crippen molar-refractivity contribution in [2.45, 2.75) is 13.1 Å². The maximum Gasteiger partial charge on any atom is 0.425 e. The van der Waals surface area contributed by atoms with Gasteiger partial charge in [-0.15, -0.1) is 0 Å². The molecule has 0 bridgehead atoms. The zero-order chi connectivity index (χ0) is 23.4. The van der Waals surface area contributed by atoms with Gasteiger partial charge in [0.15, 0.2) is 5.78 Å². The Morgan fingerprint density at radius 3 is 2.00 bits per heavy atom. The van der Waals surface area contributed by atoms with E-state index in [9.17, 15) is 32.3 Å². The van der Waals surface area contributed by atoms with Crippen molar-refractivity contribution in [3.05, 3.63) is 59.7 Å². The molecule has 0 aromatic heterocycles. The SMILES string of the molecule is CC(=O)c1ccc(N=C=O)cc1.COC(=O)NNC(=O)Nc1ccc(C(F)(F)F)cc1. The number of benzene rings is 2. The van der Waals surface area contributed by atoms with Crippen molar-refractivity contribution >= 4 is 35.4 Å². The van der Waals surface area contributed by atoms with E-state index in [0.717, 1.165) is 31.4 Å². The highest BCUT2D eigenvalue weighted by atomic mass is 19.4. The number of urea groups is 1. The van der Waals surface area contributed by atoms with Crippen molar-refractivity contribution in [2.75, 3.05) is 12.4 Å². The lowest BCUT2D eigenvalue weighted by Gasteiger charge is -2.09. The summed E-state index contributed by atoms with van der Waals surface area (Å²) in [7, 11) is 1.10. The van der Waals surface area contributed by atoms with Gasteiger partial charge in [0.1, 0.15) is 0 Å². The molecule has 9 nitrogen and oxygen atoms in total. The Balaban J connectivity index is 0.000000343. The highest BCUT2D eigenvalue weighted by Gasteiger charge is 2.29. The number of Topliss-reactive ketones (excluding diaryl/α,β-unsaturated/α-hetero) is 1. The monoisotopic (exact) mass is 438 g/mol. The average molecular weight is 438 g/mol. The number of alkyl halides is 3. The third-order valence-corrected chi connectivity index (χ3v) is 3.38. The Labute approximate surface area is 174 Å². The number of ketones is 1. The molecule has 2 aromatic carbocycles. The number of amides is 3. The number of halogens is 3. The molecule has 0 radical (unpaired) electrons. The number of rotatable bonds is 3. The third-order valence-electron chi connectivity index (χ3n) is 3.38. The number of isocyanates is 1. The predicted molar refractivity (Wildman–Crippen MR) is 103 cm³/mol. The molecular weight excluding hydrogens is 421 g/mol. The number of ether oxygens (including phenoxy) is 1. The Morgan fingerprint density at radius 2 is 1.55 bits per heavy atom. The Hall–Kier alpha value is -4.18. The van der Waals surface area contributed by atoms with Crippen LogP contribution in [0.1, 0.15) is 22.8 Å².